The molecule has 4 heteroatoms. The first kappa shape index (κ1) is 20.0. The van der Waals surface area contributed by atoms with Gasteiger partial charge in [-0.3, -0.25) is 9.69 Å². The van der Waals surface area contributed by atoms with Crippen LogP contribution in [0.25, 0.3) is 10.8 Å². The summed E-state index contributed by atoms with van der Waals surface area (Å²) in [5, 5.41) is 9.04. The van der Waals surface area contributed by atoms with Crippen LogP contribution in [0.5, 0.6) is 0 Å². The van der Waals surface area contributed by atoms with E-state index < -0.39 is 0 Å². The van der Waals surface area contributed by atoms with Crippen LogP contribution in [0.3, 0.4) is 0 Å². The molecular weight excluding hydrogens is 382 g/mol. The van der Waals surface area contributed by atoms with Gasteiger partial charge < -0.3 is 0 Å². The lowest BCUT2D eigenvalue weighted by atomic mass is 9.97. The van der Waals surface area contributed by atoms with Gasteiger partial charge in [-0.15, -0.1) is 0 Å². The summed E-state index contributed by atoms with van der Waals surface area (Å²) in [4.78, 5) is 15.6. The quantitative estimate of drug-likeness (QED) is 0.588. The van der Waals surface area contributed by atoms with E-state index in [-0.39, 0.29) is 11.9 Å². The van der Waals surface area contributed by atoms with Crippen LogP contribution in [0.15, 0.2) is 77.9 Å². The van der Waals surface area contributed by atoms with Crippen LogP contribution in [0, 0.1) is 5.92 Å². The Morgan fingerprint density at radius 1 is 0.935 bits per heavy atom. The summed E-state index contributed by atoms with van der Waals surface area (Å²) in [6, 6.07) is 25.1. The second kappa shape index (κ2) is 8.64. The highest BCUT2D eigenvalue weighted by Gasteiger charge is 2.34. The molecule has 2 heterocycles. The molecule has 0 radical (unpaired) electrons. The fourth-order valence-electron chi connectivity index (χ4n) is 4.70. The van der Waals surface area contributed by atoms with Gasteiger partial charge in [-0.2, -0.15) is 5.10 Å². The monoisotopic (exact) mass is 411 g/mol. The standard InChI is InChI=1S/C27H29N3O/c1-20-13-15-29(16-14-20)19-27(31)30-26(22-8-3-2-4-9-22)18-25(28-30)24-12-11-21-7-5-6-10-23(21)17-24/h2-12,17,20,26H,13-16,18-19H2,1H3/t26-/m1/s1. The predicted molar refractivity (Wildman–Crippen MR) is 126 cm³/mol. The SMILES string of the molecule is CC1CCN(CC(=O)N2N=C(c3ccc4ccccc4c3)C[C@@H]2c2ccccc2)CC1. The third-order valence-corrected chi connectivity index (χ3v) is 6.67. The number of hydrazone groups is 1. The molecule has 31 heavy (non-hydrogen) atoms. The van der Waals surface area contributed by atoms with Crippen LogP contribution in [0.1, 0.15) is 43.4 Å². The van der Waals surface area contributed by atoms with Gasteiger partial charge in [-0.1, -0.05) is 73.7 Å². The van der Waals surface area contributed by atoms with E-state index in [0.717, 1.165) is 42.3 Å². The molecular formula is C27H29N3O. The van der Waals surface area contributed by atoms with E-state index in [0.29, 0.717) is 6.54 Å². The number of piperidine rings is 1. The molecule has 1 atom stereocenters. The lowest BCUT2D eigenvalue weighted by Crippen LogP contribution is -2.41. The van der Waals surface area contributed by atoms with Crippen molar-refractivity contribution in [3.05, 3.63) is 83.9 Å². The minimum atomic E-state index is -0.0427. The molecule has 3 aromatic carbocycles. The molecule has 4 nitrogen and oxygen atoms in total. The zero-order chi connectivity index (χ0) is 21.2. The largest absolute Gasteiger partial charge is 0.294 e. The van der Waals surface area contributed by atoms with E-state index in [9.17, 15) is 4.79 Å². The summed E-state index contributed by atoms with van der Waals surface area (Å²) in [5.74, 6) is 0.854. The van der Waals surface area contributed by atoms with Gasteiger partial charge in [-0.05, 0) is 59.8 Å². The number of hydrogen-bond donors (Lipinski definition) is 0. The first-order valence-electron chi connectivity index (χ1n) is 11.3. The maximum atomic E-state index is 13.3. The fraction of sp³-hybridized carbons (Fsp3) is 0.333. The van der Waals surface area contributed by atoms with Gasteiger partial charge in [-0.25, -0.2) is 5.01 Å². The van der Waals surface area contributed by atoms with Crippen molar-refractivity contribution in [1.82, 2.24) is 9.91 Å². The molecule has 1 amide bonds. The molecule has 0 aliphatic carbocycles. The highest BCUT2D eigenvalue weighted by Crippen LogP contribution is 2.33. The Morgan fingerprint density at radius 3 is 2.42 bits per heavy atom. The van der Waals surface area contributed by atoms with Gasteiger partial charge in [0.25, 0.3) is 5.91 Å². The Labute approximate surface area is 184 Å². The zero-order valence-electron chi connectivity index (χ0n) is 18.1. The van der Waals surface area contributed by atoms with Crippen molar-refractivity contribution in [1.29, 1.82) is 0 Å². The van der Waals surface area contributed by atoms with Gasteiger partial charge >= 0.3 is 0 Å². The van der Waals surface area contributed by atoms with Crippen molar-refractivity contribution < 1.29 is 4.79 Å². The van der Waals surface area contributed by atoms with Crippen molar-refractivity contribution in [2.45, 2.75) is 32.2 Å². The smallest absolute Gasteiger partial charge is 0.257 e. The average Bonchev–Trinajstić information content (AvgIpc) is 3.27. The maximum Gasteiger partial charge on any atom is 0.257 e. The summed E-state index contributed by atoms with van der Waals surface area (Å²) in [7, 11) is 0. The predicted octanol–water partition coefficient (Wildman–Crippen LogP) is 5.25. The number of carbonyl (C=O) groups is 1. The third kappa shape index (κ3) is 4.26. The minimum absolute atomic E-state index is 0.0427. The number of likely N-dealkylation sites (tertiary alicyclic amines) is 1. The number of fused-ring (bicyclic) bond motifs is 1. The lowest BCUT2D eigenvalue weighted by Gasteiger charge is -2.31. The van der Waals surface area contributed by atoms with Crippen molar-refractivity contribution in [2.24, 2.45) is 11.0 Å². The topological polar surface area (TPSA) is 35.9 Å². The summed E-state index contributed by atoms with van der Waals surface area (Å²) < 4.78 is 0. The Hall–Kier alpha value is -2.98. The number of nitrogens with zero attached hydrogens (tertiary/aromatic N) is 3. The Kier molecular flexibility index (Phi) is 5.56. The third-order valence-electron chi connectivity index (χ3n) is 6.67. The Balaban J connectivity index is 1.43. The molecule has 3 aromatic rings. The lowest BCUT2D eigenvalue weighted by molar-refractivity contribution is -0.134. The molecule has 2 aliphatic rings. The highest BCUT2D eigenvalue weighted by molar-refractivity contribution is 6.05. The summed E-state index contributed by atoms with van der Waals surface area (Å²) in [6.07, 6.45) is 3.08. The van der Waals surface area contributed by atoms with Crippen molar-refractivity contribution in [3.8, 4) is 0 Å². The molecule has 0 saturated carbocycles. The molecule has 2 aliphatic heterocycles. The van der Waals surface area contributed by atoms with Gasteiger partial charge in [0.05, 0.1) is 18.3 Å². The van der Waals surface area contributed by atoms with E-state index >= 15 is 0 Å². The molecule has 0 spiro atoms. The summed E-state index contributed by atoms with van der Waals surface area (Å²) in [5.41, 5.74) is 3.23. The molecule has 5 rings (SSSR count). The van der Waals surface area contributed by atoms with Gasteiger partial charge in [0.15, 0.2) is 0 Å². The molecule has 0 unspecified atom stereocenters. The number of rotatable bonds is 4. The van der Waals surface area contributed by atoms with Gasteiger partial charge in [0.1, 0.15) is 0 Å². The maximum absolute atomic E-state index is 13.3. The Morgan fingerprint density at radius 2 is 1.65 bits per heavy atom. The van der Waals surface area contributed by atoms with Crippen molar-refractivity contribution in [3.63, 3.8) is 0 Å². The molecule has 1 fully saturated rings. The van der Waals surface area contributed by atoms with Crippen LogP contribution >= 0.6 is 0 Å². The van der Waals surface area contributed by atoms with Crippen LogP contribution in [-0.4, -0.2) is 41.2 Å². The average molecular weight is 412 g/mol. The minimum Gasteiger partial charge on any atom is -0.294 e. The molecule has 0 aromatic heterocycles. The van der Waals surface area contributed by atoms with Gasteiger partial charge in [0.2, 0.25) is 0 Å². The van der Waals surface area contributed by atoms with Crippen molar-refractivity contribution in [2.75, 3.05) is 19.6 Å². The van der Waals surface area contributed by atoms with Gasteiger partial charge in [0, 0.05) is 6.42 Å². The van der Waals surface area contributed by atoms with E-state index in [1.807, 2.05) is 18.2 Å². The van der Waals surface area contributed by atoms with Crippen LogP contribution in [0.2, 0.25) is 0 Å². The zero-order valence-corrected chi connectivity index (χ0v) is 18.1. The highest BCUT2D eigenvalue weighted by atomic mass is 16.2. The fourth-order valence-corrected chi connectivity index (χ4v) is 4.70. The van der Waals surface area contributed by atoms with E-state index in [1.54, 1.807) is 5.01 Å². The summed E-state index contributed by atoms with van der Waals surface area (Å²) in [6.45, 7) is 4.74. The number of amides is 1. The van der Waals surface area contributed by atoms with Crippen LogP contribution < -0.4 is 0 Å². The first-order valence-corrected chi connectivity index (χ1v) is 11.3. The van der Waals surface area contributed by atoms with Crippen LogP contribution in [-0.2, 0) is 4.79 Å². The van der Waals surface area contributed by atoms with E-state index in [4.69, 9.17) is 5.10 Å². The Bertz CT molecular complexity index is 1100. The molecule has 1 saturated heterocycles. The molecule has 158 valence electrons. The number of hydrogen-bond acceptors (Lipinski definition) is 3. The summed E-state index contributed by atoms with van der Waals surface area (Å²) >= 11 is 0. The van der Waals surface area contributed by atoms with Crippen molar-refractivity contribution >= 4 is 22.4 Å². The van der Waals surface area contributed by atoms with E-state index in [2.05, 4.69) is 66.4 Å². The van der Waals surface area contributed by atoms with Crippen LogP contribution in [0.4, 0.5) is 0 Å². The normalized spacial score (nSPS) is 20.2. The van der Waals surface area contributed by atoms with E-state index in [1.165, 1.54) is 23.6 Å². The molecule has 0 N–H and O–H groups in total. The number of benzene rings is 3. The number of carbonyl (C=O) groups excluding carboxylic acids is 1. The second-order valence-corrected chi connectivity index (χ2v) is 8.94. The first-order chi connectivity index (χ1) is 15.2. The molecule has 0 bridgehead atoms. The second-order valence-electron chi connectivity index (χ2n) is 8.94.